The zero-order valence-corrected chi connectivity index (χ0v) is 10.2. The highest BCUT2D eigenvalue weighted by Gasteiger charge is 2.21. The maximum Gasteiger partial charge on any atom is 0.326 e. The van der Waals surface area contributed by atoms with Crippen LogP contribution in [0.5, 0.6) is 0 Å². The second kappa shape index (κ2) is 6.09. The monoisotopic (exact) mass is 254 g/mol. The second-order valence-corrected chi connectivity index (χ2v) is 4.39. The lowest BCUT2D eigenvalue weighted by Crippen LogP contribution is -2.41. The fourth-order valence-electron chi connectivity index (χ4n) is 1.47. The normalized spacial score (nSPS) is 12.2. The van der Waals surface area contributed by atoms with Gasteiger partial charge in [0, 0.05) is 6.20 Å². The van der Waals surface area contributed by atoms with E-state index in [1.54, 1.807) is 0 Å². The molecule has 0 spiro atoms. The first-order valence-electron chi connectivity index (χ1n) is 5.54. The number of aliphatic carboxylic acids is 1. The molecule has 0 saturated carbocycles. The average Bonchev–Trinajstić information content (AvgIpc) is 2.27. The van der Waals surface area contributed by atoms with E-state index in [0.717, 1.165) is 12.3 Å². The molecule has 1 rings (SSSR count). The molecule has 0 aromatic carbocycles. The Kier molecular flexibility index (Phi) is 4.76. The SMILES string of the molecule is CC(C)C[C@@H](NC(=O)c1cncc(F)c1)C(=O)O. The first-order valence-corrected chi connectivity index (χ1v) is 5.54. The van der Waals surface area contributed by atoms with Gasteiger partial charge in [0.25, 0.3) is 5.91 Å². The van der Waals surface area contributed by atoms with E-state index in [0.29, 0.717) is 6.42 Å². The van der Waals surface area contributed by atoms with Crippen LogP contribution in [0.4, 0.5) is 4.39 Å². The number of carboxylic acid groups (broad SMARTS) is 1. The molecule has 0 bridgehead atoms. The molecule has 0 unspecified atom stereocenters. The van der Waals surface area contributed by atoms with Crippen molar-refractivity contribution in [2.45, 2.75) is 26.3 Å². The van der Waals surface area contributed by atoms with Crippen LogP contribution in [0.2, 0.25) is 0 Å². The molecule has 1 aromatic heterocycles. The van der Waals surface area contributed by atoms with E-state index in [1.807, 2.05) is 13.8 Å². The fourth-order valence-corrected chi connectivity index (χ4v) is 1.47. The van der Waals surface area contributed by atoms with E-state index in [9.17, 15) is 14.0 Å². The summed E-state index contributed by atoms with van der Waals surface area (Å²) in [5, 5.41) is 11.3. The van der Waals surface area contributed by atoms with Gasteiger partial charge in [-0.3, -0.25) is 9.78 Å². The van der Waals surface area contributed by atoms with Crippen LogP contribution in [0, 0.1) is 11.7 Å². The van der Waals surface area contributed by atoms with Crippen LogP contribution >= 0.6 is 0 Å². The first kappa shape index (κ1) is 14.1. The summed E-state index contributed by atoms with van der Waals surface area (Å²) in [4.78, 5) is 26.2. The molecule has 1 amide bonds. The number of halogens is 1. The molecule has 0 aliphatic heterocycles. The third-order valence-corrected chi connectivity index (χ3v) is 2.28. The Morgan fingerprint density at radius 2 is 2.11 bits per heavy atom. The zero-order chi connectivity index (χ0) is 13.7. The Balaban J connectivity index is 2.75. The number of nitrogens with zero attached hydrogens (tertiary/aromatic N) is 1. The summed E-state index contributed by atoms with van der Waals surface area (Å²) in [5.74, 6) is -2.27. The number of pyridine rings is 1. The number of rotatable bonds is 5. The maximum absolute atomic E-state index is 12.9. The van der Waals surface area contributed by atoms with Gasteiger partial charge in [0.15, 0.2) is 0 Å². The first-order chi connectivity index (χ1) is 8.40. The van der Waals surface area contributed by atoms with Crippen molar-refractivity contribution in [2.75, 3.05) is 0 Å². The lowest BCUT2D eigenvalue weighted by molar-refractivity contribution is -0.139. The van der Waals surface area contributed by atoms with Gasteiger partial charge in [0.1, 0.15) is 11.9 Å². The smallest absolute Gasteiger partial charge is 0.326 e. The number of aromatic nitrogens is 1. The summed E-state index contributed by atoms with van der Waals surface area (Å²) < 4.78 is 12.9. The number of amides is 1. The van der Waals surface area contributed by atoms with Gasteiger partial charge in [-0.25, -0.2) is 9.18 Å². The zero-order valence-electron chi connectivity index (χ0n) is 10.2. The number of carbonyl (C=O) groups excluding carboxylic acids is 1. The van der Waals surface area contributed by atoms with E-state index >= 15 is 0 Å². The molecular weight excluding hydrogens is 239 g/mol. The van der Waals surface area contributed by atoms with Crippen molar-refractivity contribution in [1.29, 1.82) is 0 Å². The topological polar surface area (TPSA) is 79.3 Å². The summed E-state index contributed by atoms with van der Waals surface area (Å²) in [5.41, 5.74) is 0.00464. The van der Waals surface area contributed by atoms with Crippen LogP contribution in [-0.4, -0.2) is 28.0 Å². The van der Waals surface area contributed by atoms with Crippen molar-refractivity contribution in [3.8, 4) is 0 Å². The molecule has 5 nitrogen and oxygen atoms in total. The Morgan fingerprint density at radius 3 is 2.61 bits per heavy atom. The summed E-state index contributed by atoms with van der Waals surface area (Å²) in [6.07, 6.45) is 2.47. The van der Waals surface area contributed by atoms with Crippen LogP contribution in [0.25, 0.3) is 0 Å². The van der Waals surface area contributed by atoms with E-state index in [4.69, 9.17) is 5.11 Å². The highest BCUT2D eigenvalue weighted by atomic mass is 19.1. The lowest BCUT2D eigenvalue weighted by atomic mass is 10.0. The Morgan fingerprint density at radius 1 is 1.44 bits per heavy atom. The van der Waals surface area contributed by atoms with Gasteiger partial charge >= 0.3 is 5.97 Å². The summed E-state index contributed by atoms with van der Waals surface area (Å²) >= 11 is 0. The van der Waals surface area contributed by atoms with Gasteiger partial charge in [-0.05, 0) is 18.4 Å². The third-order valence-electron chi connectivity index (χ3n) is 2.28. The van der Waals surface area contributed by atoms with Crippen LogP contribution in [-0.2, 0) is 4.79 Å². The molecule has 2 N–H and O–H groups in total. The minimum absolute atomic E-state index is 0.00464. The van der Waals surface area contributed by atoms with Gasteiger partial charge < -0.3 is 10.4 Å². The number of hydrogen-bond acceptors (Lipinski definition) is 3. The van der Waals surface area contributed by atoms with Crippen LogP contribution < -0.4 is 5.32 Å². The minimum Gasteiger partial charge on any atom is -0.480 e. The molecule has 0 fully saturated rings. The van der Waals surface area contributed by atoms with Crippen molar-refractivity contribution in [2.24, 2.45) is 5.92 Å². The van der Waals surface area contributed by atoms with Gasteiger partial charge in [-0.1, -0.05) is 13.8 Å². The quantitative estimate of drug-likeness (QED) is 0.833. The molecule has 0 aliphatic rings. The Hall–Kier alpha value is -1.98. The second-order valence-electron chi connectivity index (χ2n) is 4.39. The van der Waals surface area contributed by atoms with Crippen molar-refractivity contribution < 1.29 is 19.1 Å². The summed E-state index contributed by atoms with van der Waals surface area (Å²) in [6.45, 7) is 3.71. The molecule has 0 saturated heterocycles. The highest BCUT2D eigenvalue weighted by Crippen LogP contribution is 2.07. The van der Waals surface area contributed by atoms with E-state index < -0.39 is 23.7 Å². The summed E-state index contributed by atoms with van der Waals surface area (Å²) in [6, 6.07) is 0.0251. The predicted octanol–water partition coefficient (Wildman–Crippen LogP) is 1.45. The van der Waals surface area contributed by atoms with Crippen molar-refractivity contribution >= 4 is 11.9 Å². The van der Waals surface area contributed by atoms with E-state index in [1.165, 1.54) is 6.20 Å². The molecule has 0 radical (unpaired) electrons. The predicted molar refractivity (Wildman–Crippen MR) is 62.5 cm³/mol. The van der Waals surface area contributed by atoms with Gasteiger partial charge in [0.2, 0.25) is 0 Å². The molecule has 18 heavy (non-hydrogen) atoms. The third kappa shape index (κ3) is 4.12. The molecule has 0 aliphatic carbocycles. The maximum atomic E-state index is 12.9. The standard InChI is InChI=1S/C12H15FN2O3/c1-7(2)3-10(12(17)18)15-11(16)8-4-9(13)6-14-5-8/h4-7,10H,3H2,1-2H3,(H,15,16)(H,17,18)/t10-/m1/s1. The van der Waals surface area contributed by atoms with Crippen molar-refractivity contribution in [3.05, 3.63) is 29.8 Å². The lowest BCUT2D eigenvalue weighted by Gasteiger charge is -2.16. The molecular formula is C12H15FN2O3. The number of carbonyl (C=O) groups is 2. The minimum atomic E-state index is -1.11. The van der Waals surface area contributed by atoms with Crippen molar-refractivity contribution in [1.82, 2.24) is 10.3 Å². The van der Waals surface area contributed by atoms with E-state index in [2.05, 4.69) is 10.3 Å². The number of nitrogens with one attached hydrogen (secondary N) is 1. The molecule has 98 valence electrons. The highest BCUT2D eigenvalue weighted by molar-refractivity contribution is 5.96. The Bertz CT molecular complexity index is 449. The van der Waals surface area contributed by atoms with Crippen molar-refractivity contribution in [3.63, 3.8) is 0 Å². The largest absolute Gasteiger partial charge is 0.480 e. The number of hydrogen-bond donors (Lipinski definition) is 2. The van der Waals surface area contributed by atoms with E-state index in [-0.39, 0.29) is 11.5 Å². The summed E-state index contributed by atoms with van der Waals surface area (Å²) in [7, 11) is 0. The average molecular weight is 254 g/mol. The van der Waals surface area contributed by atoms with Gasteiger partial charge in [0.05, 0.1) is 11.8 Å². The van der Waals surface area contributed by atoms with Gasteiger partial charge in [-0.2, -0.15) is 0 Å². The molecule has 1 heterocycles. The van der Waals surface area contributed by atoms with Crippen LogP contribution in [0.15, 0.2) is 18.5 Å². The van der Waals surface area contributed by atoms with Crippen LogP contribution in [0.1, 0.15) is 30.6 Å². The fraction of sp³-hybridized carbons (Fsp3) is 0.417. The Labute approximate surface area is 104 Å². The molecule has 6 heteroatoms. The van der Waals surface area contributed by atoms with Gasteiger partial charge in [-0.15, -0.1) is 0 Å². The number of carboxylic acids is 1. The molecule has 1 aromatic rings. The molecule has 1 atom stereocenters. The van der Waals surface area contributed by atoms with Crippen LogP contribution in [0.3, 0.4) is 0 Å².